The third kappa shape index (κ3) is 4.46. The van der Waals surface area contributed by atoms with Gasteiger partial charge in [0.15, 0.2) is 0 Å². The molecule has 5 rings (SSSR count). The molecule has 1 saturated heterocycles. The highest BCUT2D eigenvalue weighted by Crippen LogP contribution is 2.41. The maximum absolute atomic E-state index is 12.0. The molecule has 0 aliphatic carbocycles. The van der Waals surface area contributed by atoms with Gasteiger partial charge in [0, 0.05) is 42.3 Å². The number of amides is 1. The van der Waals surface area contributed by atoms with E-state index >= 15 is 0 Å². The summed E-state index contributed by atoms with van der Waals surface area (Å²) in [6.45, 7) is 4.19. The Morgan fingerprint density at radius 3 is 2.82 bits per heavy atom. The highest BCUT2D eigenvalue weighted by atomic mass is 32.1. The Morgan fingerprint density at radius 1 is 1.26 bits per heavy atom. The zero-order chi connectivity index (χ0) is 23.7. The van der Waals surface area contributed by atoms with Crippen LogP contribution in [-0.2, 0) is 23.2 Å². The van der Waals surface area contributed by atoms with E-state index in [-0.39, 0.29) is 12.5 Å². The molecule has 4 aromatic rings. The quantitative estimate of drug-likeness (QED) is 0.410. The highest BCUT2D eigenvalue weighted by molar-refractivity contribution is 7.19. The molecule has 0 unspecified atom stereocenters. The van der Waals surface area contributed by atoms with Crippen molar-refractivity contribution in [3.05, 3.63) is 47.2 Å². The average molecular weight is 479 g/mol. The lowest BCUT2D eigenvalue weighted by Crippen LogP contribution is -2.43. The summed E-state index contributed by atoms with van der Waals surface area (Å²) in [7, 11) is 3.52. The predicted molar refractivity (Wildman–Crippen MR) is 131 cm³/mol. The fraction of sp³-hybridized carbons (Fsp3) is 0.333. The van der Waals surface area contributed by atoms with Crippen LogP contribution in [-0.4, -0.2) is 57.4 Å². The molecular formula is C24H26N6O3S. The molecule has 34 heavy (non-hydrogen) atoms. The molecule has 1 aliphatic heterocycles. The van der Waals surface area contributed by atoms with Crippen molar-refractivity contribution >= 4 is 39.1 Å². The van der Waals surface area contributed by atoms with E-state index in [1.165, 1.54) is 0 Å². The molecule has 0 radical (unpaired) electrons. The van der Waals surface area contributed by atoms with Crippen molar-refractivity contribution in [2.45, 2.75) is 20.0 Å². The number of nitrogens with zero attached hydrogens (tertiary/aromatic N) is 5. The van der Waals surface area contributed by atoms with Crippen LogP contribution in [0.1, 0.15) is 16.9 Å². The SMILES string of the molecule is COc1cc(COCC(=O)N2CCC2)ccc1-c1c(C)sc2cnc(Nc3cnn(C)c3)nc12. The van der Waals surface area contributed by atoms with Gasteiger partial charge in [-0.05, 0) is 25.0 Å². The molecule has 0 bridgehead atoms. The summed E-state index contributed by atoms with van der Waals surface area (Å²) in [5.74, 6) is 1.29. The van der Waals surface area contributed by atoms with Gasteiger partial charge in [0.1, 0.15) is 12.4 Å². The monoisotopic (exact) mass is 478 g/mol. The van der Waals surface area contributed by atoms with Gasteiger partial charge < -0.3 is 19.7 Å². The number of hydrogen-bond acceptors (Lipinski definition) is 8. The fourth-order valence-corrected chi connectivity index (χ4v) is 4.93. The lowest BCUT2D eigenvalue weighted by Gasteiger charge is -2.30. The topological polar surface area (TPSA) is 94.4 Å². The van der Waals surface area contributed by atoms with Crippen LogP contribution in [0.5, 0.6) is 5.75 Å². The number of rotatable bonds is 8. The third-order valence-corrected chi connectivity index (χ3v) is 6.84. The van der Waals surface area contributed by atoms with Crippen LogP contribution in [0, 0.1) is 6.92 Å². The molecule has 0 atom stereocenters. The minimum atomic E-state index is 0.0468. The van der Waals surface area contributed by atoms with E-state index < -0.39 is 0 Å². The lowest BCUT2D eigenvalue weighted by atomic mass is 10.0. The molecule has 0 spiro atoms. The Kier molecular flexibility index (Phi) is 6.16. The number of thiophene rings is 1. The second-order valence-corrected chi connectivity index (χ2v) is 9.49. The Morgan fingerprint density at radius 2 is 2.12 bits per heavy atom. The van der Waals surface area contributed by atoms with Crippen LogP contribution >= 0.6 is 11.3 Å². The van der Waals surface area contributed by atoms with E-state index in [2.05, 4.69) is 22.3 Å². The Bertz CT molecular complexity index is 1340. The summed E-state index contributed by atoms with van der Waals surface area (Å²) in [6.07, 6.45) is 6.52. The van der Waals surface area contributed by atoms with Crippen molar-refractivity contribution in [3.8, 4) is 16.9 Å². The second kappa shape index (κ2) is 9.40. The maximum Gasteiger partial charge on any atom is 0.248 e. The Hall–Kier alpha value is -3.50. The number of aryl methyl sites for hydroxylation is 2. The van der Waals surface area contributed by atoms with Gasteiger partial charge in [0.2, 0.25) is 11.9 Å². The average Bonchev–Trinajstić information content (AvgIpc) is 3.34. The van der Waals surface area contributed by atoms with E-state index in [0.29, 0.717) is 12.6 Å². The van der Waals surface area contributed by atoms with Gasteiger partial charge in [0.05, 0.1) is 42.0 Å². The Balaban J connectivity index is 1.39. The first kappa shape index (κ1) is 22.3. The predicted octanol–water partition coefficient (Wildman–Crippen LogP) is 3.90. The summed E-state index contributed by atoms with van der Waals surface area (Å²) in [6, 6.07) is 5.99. The smallest absolute Gasteiger partial charge is 0.248 e. The molecule has 9 nitrogen and oxygen atoms in total. The van der Waals surface area contributed by atoms with Crippen molar-refractivity contribution in [3.63, 3.8) is 0 Å². The number of likely N-dealkylation sites (tertiary alicyclic amines) is 1. The van der Waals surface area contributed by atoms with Crippen LogP contribution in [0.2, 0.25) is 0 Å². The molecule has 1 fully saturated rings. The summed E-state index contributed by atoms with van der Waals surface area (Å²) < 4.78 is 14.1. The minimum Gasteiger partial charge on any atom is -0.496 e. The number of aromatic nitrogens is 4. The number of nitrogens with one attached hydrogen (secondary N) is 1. The summed E-state index contributed by atoms with van der Waals surface area (Å²) in [5.41, 5.74) is 4.62. The number of anilines is 2. The van der Waals surface area contributed by atoms with Gasteiger partial charge in [-0.2, -0.15) is 5.10 Å². The van der Waals surface area contributed by atoms with E-state index in [0.717, 1.165) is 62.7 Å². The molecule has 1 N–H and O–H groups in total. The normalized spacial score (nSPS) is 13.2. The summed E-state index contributed by atoms with van der Waals surface area (Å²) >= 11 is 1.65. The Labute approximate surface area is 201 Å². The molecule has 4 heterocycles. The van der Waals surface area contributed by atoms with Crippen molar-refractivity contribution in [1.82, 2.24) is 24.6 Å². The van der Waals surface area contributed by atoms with Crippen LogP contribution in [0.3, 0.4) is 0 Å². The molecule has 10 heteroatoms. The number of carbonyl (C=O) groups is 1. The molecule has 0 saturated carbocycles. The van der Waals surface area contributed by atoms with Crippen molar-refractivity contribution in [2.75, 3.05) is 32.1 Å². The first-order valence-electron chi connectivity index (χ1n) is 11.1. The van der Waals surface area contributed by atoms with E-state index in [1.54, 1.807) is 29.3 Å². The van der Waals surface area contributed by atoms with Gasteiger partial charge >= 0.3 is 0 Å². The van der Waals surface area contributed by atoms with Crippen LogP contribution in [0.15, 0.2) is 36.8 Å². The molecule has 3 aromatic heterocycles. The highest BCUT2D eigenvalue weighted by Gasteiger charge is 2.20. The van der Waals surface area contributed by atoms with E-state index in [9.17, 15) is 4.79 Å². The number of hydrogen-bond donors (Lipinski definition) is 1. The van der Waals surface area contributed by atoms with E-state index in [1.807, 2.05) is 42.5 Å². The van der Waals surface area contributed by atoms with Gasteiger partial charge in [0.25, 0.3) is 0 Å². The first-order valence-corrected chi connectivity index (χ1v) is 11.9. The molecule has 176 valence electrons. The van der Waals surface area contributed by atoms with E-state index in [4.69, 9.17) is 14.5 Å². The van der Waals surface area contributed by atoms with Crippen LogP contribution in [0.4, 0.5) is 11.6 Å². The molecular weight excluding hydrogens is 452 g/mol. The number of methoxy groups -OCH3 is 1. The molecule has 1 amide bonds. The minimum absolute atomic E-state index is 0.0468. The fourth-order valence-electron chi connectivity index (χ4n) is 3.94. The first-order chi connectivity index (χ1) is 16.5. The van der Waals surface area contributed by atoms with Crippen LogP contribution < -0.4 is 10.1 Å². The second-order valence-electron chi connectivity index (χ2n) is 8.23. The zero-order valence-electron chi connectivity index (χ0n) is 19.4. The maximum atomic E-state index is 12.0. The zero-order valence-corrected chi connectivity index (χ0v) is 20.2. The standard InChI is InChI=1S/C24H26N6O3S/c1-15-22(23-20(34-15)11-25-24(28-23)27-17-10-26-29(2)12-17)18-6-5-16(9-19(18)32-3)13-33-14-21(31)30-7-4-8-30/h5-6,9-12H,4,7-8,13-14H2,1-3H3,(H,25,27,28). The van der Waals surface area contributed by atoms with Gasteiger partial charge in [-0.15, -0.1) is 11.3 Å². The number of benzene rings is 1. The third-order valence-electron chi connectivity index (χ3n) is 5.81. The van der Waals surface area contributed by atoms with Crippen molar-refractivity contribution in [1.29, 1.82) is 0 Å². The summed E-state index contributed by atoms with van der Waals surface area (Å²) in [4.78, 5) is 24.2. The van der Waals surface area contributed by atoms with Gasteiger partial charge in [-0.25, -0.2) is 9.97 Å². The lowest BCUT2D eigenvalue weighted by molar-refractivity contribution is -0.140. The van der Waals surface area contributed by atoms with Crippen molar-refractivity contribution in [2.24, 2.45) is 7.05 Å². The largest absolute Gasteiger partial charge is 0.496 e. The summed E-state index contributed by atoms with van der Waals surface area (Å²) in [5, 5.41) is 7.39. The van der Waals surface area contributed by atoms with Crippen LogP contribution in [0.25, 0.3) is 21.3 Å². The molecule has 1 aliphatic rings. The van der Waals surface area contributed by atoms with Gasteiger partial charge in [-0.1, -0.05) is 12.1 Å². The number of ether oxygens (including phenoxy) is 2. The number of fused-ring (bicyclic) bond motifs is 1. The van der Waals surface area contributed by atoms with Gasteiger partial charge in [-0.3, -0.25) is 9.48 Å². The number of carbonyl (C=O) groups excluding carboxylic acids is 1. The van der Waals surface area contributed by atoms with Crippen molar-refractivity contribution < 1.29 is 14.3 Å². The molecule has 1 aromatic carbocycles.